The molecular weight excluding hydrogens is 250 g/mol. The number of phenols is 1. The molecule has 0 saturated heterocycles. The van der Waals surface area contributed by atoms with Crippen LogP contribution >= 0.6 is 11.6 Å². The molecule has 2 aromatic carbocycles. The summed E-state index contributed by atoms with van der Waals surface area (Å²) < 4.78 is 5.54. The predicted molar refractivity (Wildman–Crippen MR) is 72.0 cm³/mol. The highest BCUT2D eigenvalue weighted by Crippen LogP contribution is 2.19. The lowest BCUT2D eigenvalue weighted by atomic mass is 10.1. The maximum Gasteiger partial charge on any atom is 0.119 e. The third-order valence-electron chi connectivity index (χ3n) is 2.56. The van der Waals surface area contributed by atoms with Gasteiger partial charge in [-0.15, -0.1) is 0 Å². The van der Waals surface area contributed by atoms with E-state index in [1.54, 1.807) is 36.4 Å². The molecule has 0 spiro atoms. The molecule has 4 heteroatoms. The second kappa shape index (κ2) is 5.76. The Hall–Kier alpha value is -1.71. The van der Waals surface area contributed by atoms with Gasteiger partial charge in [-0.1, -0.05) is 23.7 Å². The zero-order valence-electron chi connectivity index (χ0n) is 9.71. The van der Waals surface area contributed by atoms with Gasteiger partial charge >= 0.3 is 0 Å². The SMILES string of the molecule is NC(COc1ccc(O)cc1)c1ccc(Cl)cc1. The first kappa shape index (κ1) is 12.7. The summed E-state index contributed by atoms with van der Waals surface area (Å²) in [6, 6.07) is 13.7. The summed E-state index contributed by atoms with van der Waals surface area (Å²) in [7, 11) is 0. The number of benzene rings is 2. The van der Waals surface area contributed by atoms with Gasteiger partial charge in [-0.25, -0.2) is 0 Å². The van der Waals surface area contributed by atoms with Crippen molar-refractivity contribution in [2.45, 2.75) is 6.04 Å². The van der Waals surface area contributed by atoms with Crippen LogP contribution in [0.3, 0.4) is 0 Å². The Labute approximate surface area is 111 Å². The molecule has 2 aromatic rings. The summed E-state index contributed by atoms with van der Waals surface area (Å²) >= 11 is 5.81. The normalized spacial score (nSPS) is 12.1. The maximum absolute atomic E-state index is 9.15. The van der Waals surface area contributed by atoms with Crippen LogP contribution in [-0.4, -0.2) is 11.7 Å². The third kappa shape index (κ3) is 3.39. The molecule has 0 heterocycles. The third-order valence-corrected chi connectivity index (χ3v) is 2.82. The topological polar surface area (TPSA) is 55.5 Å². The van der Waals surface area contributed by atoms with E-state index in [-0.39, 0.29) is 11.8 Å². The second-order valence-electron chi connectivity index (χ2n) is 3.96. The van der Waals surface area contributed by atoms with Gasteiger partial charge in [0.05, 0.1) is 6.04 Å². The molecule has 3 N–H and O–H groups in total. The summed E-state index contributed by atoms with van der Waals surface area (Å²) in [5.41, 5.74) is 6.98. The molecule has 94 valence electrons. The van der Waals surface area contributed by atoms with E-state index in [1.165, 1.54) is 0 Å². The van der Waals surface area contributed by atoms with E-state index in [0.717, 1.165) is 5.56 Å². The van der Waals surface area contributed by atoms with Crippen molar-refractivity contribution in [3.8, 4) is 11.5 Å². The first-order valence-corrected chi connectivity index (χ1v) is 5.96. The van der Waals surface area contributed by atoms with Gasteiger partial charge < -0.3 is 15.6 Å². The van der Waals surface area contributed by atoms with E-state index in [2.05, 4.69) is 0 Å². The van der Waals surface area contributed by atoms with Crippen LogP contribution in [0.5, 0.6) is 11.5 Å². The minimum atomic E-state index is -0.212. The molecule has 0 saturated carbocycles. The molecule has 2 rings (SSSR count). The predicted octanol–water partition coefficient (Wildman–Crippen LogP) is 3.12. The second-order valence-corrected chi connectivity index (χ2v) is 4.40. The molecular formula is C14H14ClNO2. The van der Waals surface area contributed by atoms with E-state index in [1.807, 2.05) is 12.1 Å². The van der Waals surface area contributed by atoms with Gasteiger partial charge in [0.2, 0.25) is 0 Å². The van der Waals surface area contributed by atoms with Crippen molar-refractivity contribution in [2.24, 2.45) is 5.73 Å². The van der Waals surface area contributed by atoms with Gasteiger partial charge in [-0.05, 0) is 42.0 Å². The summed E-state index contributed by atoms with van der Waals surface area (Å²) in [4.78, 5) is 0. The van der Waals surface area contributed by atoms with E-state index in [9.17, 15) is 0 Å². The van der Waals surface area contributed by atoms with Crippen LogP contribution in [-0.2, 0) is 0 Å². The Balaban J connectivity index is 1.93. The van der Waals surface area contributed by atoms with Crippen LogP contribution in [0.2, 0.25) is 5.02 Å². The van der Waals surface area contributed by atoms with Crippen molar-refractivity contribution in [2.75, 3.05) is 6.61 Å². The molecule has 0 aliphatic rings. The van der Waals surface area contributed by atoms with Gasteiger partial charge in [0.1, 0.15) is 18.1 Å². The van der Waals surface area contributed by atoms with Gasteiger partial charge in [0.15, 0.2) is 0 Å². The highest BCUT2D eigenvalue weighted by Gasteiger charge is 2.06. The molecule has 1 atom stereocenters. The Bertz CT molecular complexity index is 496. The highest BCUT2D eigenvalue weighted by atomic mass is 35.5. The largest absolute Gasteiger partial charge is 0.508 e. The monoisotopic (exact) mass is 263 g/mol. The number of hydrogen-bond acceptors (Lipinski definition) is 3. The molecule has 3 nitrogen and oxygen atoms in total. The molecule has 0 fully saturated rings. The molecule has 0 amide bonds. The molecule has 0 radical (unpaired) electrons. The van der Waals surface area contributed by atoms with Crippen LogP contribution in [0.1, 0.15) is 11.6 Å². The van der Waals surface area contributed by atoms with Crippen molar-refractivity contribution in [1.29, 1.82) is 0 Å². The summed E-state index contributed by atoms with van der Waals surface area (Å²) in [6.07, 6.45) is 0. The standard InChI is InChI=1S/C14H14ClNO2/c15-11-3-1-10(2-4-11)14(16)9-18-13-7-5-12(17)6-8-13/h1-8,14,17H,9,16H2. The minimum Gasteiger partial charge on any atom is -0.508 e. The first-order chi connectivity index (χ1) is 8.65. The fraction of sp³-hybridized carbons (Fsp3) is 0.143. The molecule has 1 unspecified atom stereocenters. The Kier molecular flexibility index (Phi) is 4.07. The number of rotatable bonds is 4. The van der Waals surface area contributed by atoms with E-state index in [0.29, 0.717) is 17.4 Å². The van der Waals surface area contributed by atoms with Gasteiger partial charge in [-0.3, -0.25) is 0 Å². The number of phenolic OH excluding ortho intramolecular Hbond substituents is 1. The van der Waals surface area contributed by atoms with E-state index >= 15 is 0 Å². The number of ether oxygens (including phenoxy) is 1. The number of halogens is 1. The fourth-order valence-corrected chi connectivity index (χ4v) is 1.66. The van der Waals surface area contributed by atoms with Crippen LogP contribution in [0.25, 0.3) is 0 Å². The van der Waals surface area contributed by atoms with E-state index in [4.69, 9.17) is 27.2 Å². The van der Waals surface area contributed by atoms with Crippen molar-refractivity contribution in [3.63, 3.8) is 0 Å². The lowest BCUT2D eigenvalue weighted by Gasteiger charge is -2.13. The quantitative estimate of drug-likeness (QED) is 0.891. The van der Waals surface area contributed by atoms with Gasteiger partial charge in [0, 0.05) is 5.02 Å². The van der Waals surface area contributed by atoms with Crippen molar-refractivity contribution in [1.82, 2.24) is 0 Å². The number of aromatic hydroxyl groups is 1. The van der Waals surface area contributed by atoms with Crippen LogP contribution in [0, 0.1) is 0 Å². The summed E-state index contributed by atoms with van der Waals surface area (Å²) in [5, 5.41) is 9.83. The van der Waals surface area contributed by atoms with Crippen LogP contribution in [0.15, 0.2) is 48.5 Å². The lowest BCUT2D eigenvalue weighted by molar-refractivity contribution is 0.290. The number of hydrogen-bond donors (Lipinski definition) is 2. The van der Waals surface area contributed by atoms with E-state index < -0.39 is 0 Å². The van der Waals surface area contributed by atoms with Crippen molar-refractivity contribution >= 4 is 11.6 Å². The fourth-order valence-electron chi connectivity index (χ4n) is 1.53. The molecule has 0 bridgehead atoms. The van der Waals surface area contributed by atoms with Gasteiger partial charge in [-0.2, -0.15) is 0 Å². The highest BCUT2D eigenvalue weighted by molar-refractivity contribution is 6.30. The minimum absolute atomic E-state index is 0.212. The first-order valence-electron chi connectivity index (χ1n) is 5.58. The Morgan fingerprint density at radius 2 is 1.67 bits per heavy atom. The van der Waals surface area contributed by atoms with Gasteiger partial charge in [0.25, 0.3) is 0 Å². The average molecular weight is 264 g/mol. The zero-order chi connectivity index (χ0) is 13.0. The molecule has 18 heavy (non-hydrogen) atoms. The smallest absolute Gasteiger partial charge is 0.119 e. The Morgan fingerprint density at radius 1 is 1.06 bits per heavy atom. The van der Waals surface area contributed by atoms with Crippen LogP contribution < -0.4 is 10.5 Å². The average Bonchev–Trinajstić information content (AvgIpc) is 2.38. The Morgan fingerprint density at radius 3 is 2.28 bits per heavy atom. The van der Waals surface area contributed by atoms with Crippen molar-refractivity contribution < 1.29 is 9.84 Å². The zero-order valence-corrected chi connectivity index (χ0v) is 10.5. The molecule has 0 aromatic heterocycles. The summed E-state index contributed by atoms with van der Waals surface area (Å²) in [6.45, 7) is 0.367. The lowest BCUT2D eigenvalue weighted by Crippen LogP contribution is -2.18. The number of nitrogens with two attached hydrogens (primary N) is 1. The molecule has 0 aliphatic heterocycles. The van der Waals surface area contributed by atoms with Crippen molar-refractivity contribution in [3.05, 3.63) is 59.1 Å². The summed E-state index contributed by atoms with van der Waals surface area (Å²) in [5.74, 6) is 0.890. The van der Waals surface area contributed by atoms with Crippen LogP contribution in [0.4, 0.5) is 0 Å². The molecule has 0 aliphatic carbocycles. The maximum atomic E-state index is 9.15.